The molecule has 0 fully saturated rings. The zero-order valence-electron chi connectivity index (χ0n) is 18.0. The molecule has 0 spiro atoms. The lowest BCUT2D eigenvalue weighted by atomic mass is 10.00. The summed E-state index contributed by atoms with van der Waals surface area (Å²) in [6.07, 6.45) is 2.84. The van der Waals surface area contributed by atoms with Gasteiger partial charge >= 0.3 is 0 Å². The minimum absolute atomic E-state index is 0.257. The van der Waals surface area contributed by atoms with E-state index in [9.17, 15) is 9.18 Å². The number of methoxy groups -OCH3 is 1. The number of carbonyl (C=O) groups is 1. The maximum Gasteiger partial charge on any atom is 0.189 e. The van der Waals surface area contributed by atoms with Crippen LogP contribution in [0, 0.1) is 5.82 Å². The van der Waals surface area contributed by atoms with Gasteiger partial charge in [-0.1, -0.05) is 36.4 Å². The molecule has 0 atom stereocenters. The van der Waals surface area contributed by atoms with Crippen molar-refractivity contribution < 1.29 is 18.7 Å². The fourth-order valence-electron chi connectivity index (χ4n) is 3.02. The largest absolute Gasteiger partial charge is 0.497 e. The first-order valence-electron chi connectivity index (χ1n) is 10.0. The first kappa shape index (κ1) is 22.2. The summed E-state index contributed by atoms with van der Waals surface area (Å²) in [4.78, 5) is 15.0. The minimum atomic E-state index is -0.455. The fourth-order valence-corrected chi connectivity index (χ4v) is 3.02. The van der Waals surface area contributed by atoms with Crippen LogP contribution in [0.25, 0.3) is 17.2 Å². The van der Waals surface area contributed by atoms with E-state index in [0.29, 0.717) is 29.2 Å². The average molecular weight is 419 g/mol. The van der Waals surface area contributed by atoms with Crippen LogP contribution in [0.2, 0.25) is 0 Å². The van der Waals surface area contributed by atoms with E-state index in [1.165, 1.54) is 25.3 Å². The van der Waals surface area contributed by atoms with Crippen LogP contribution in [0.15, 0.2) is 72.8 Å². The molecule has 0 saturated carbocycles. The van der Waals surface area contributed by atoms with Crippen molar-refractivity contribution in [2.75, 3.05) is 34.4 Å². The standard InChI is InChI=1S/C26H26FNO3/c1-28(2)15-16-31-26-14-11-21(19-7-5-4-6-8-19)17-23(26)25(29)13-10-20-9-12-22(30-3)18-24(20)27/h4-14,17-18H,15-16H2,1-3H3. The lowest BCUT2D eigenvalue weighted by Crippen LogP contribution is -2.20. The Morgan fingerprint density at radius 2 is 1.77 bits per heavy atom. The summed E-state index contributed by atoms with van der Waals surface area (Å²) in [6, 6.07) is 19.9. The number of halogens is 1. The number of hydrogen-bond donors (Lipinski definition) is 0. The average Bonchev–Trinajstić information content (AvgIpc) is 2.78. The minimum Gasteiger partial charge on any atom is -0.497 e. The van der Waals surface area contributed by atoms with Gasteiger partial charge in [0.05, 0.1) is 12.7 Å². The smallest absolute Gasteiger partial charge is 0.189 e. The normalized spacial score (nSPS) is 11.1. The first-order chi connectivity index (χ1) is 15.0. The molecular weight excluding hydrogens is 393 g/mol. The van der Waals surface area contributed by atoms with E-state index in [2.05, 4.69) is 0 Å². The Morgan fingerprint density at radius 1 is 1.00 bits per heavy atom. The second kappa shape index (κ2) is 10.5. The molecule has 31 heavy (non-hydrogen) atoms. The lowest BCUT2D eigenvalue weighted by Gasteiger charge is -2.14. The highest BCUT2D eigenvalue weighted by atomic mass is 19.1. The molecule has 0 heterocycles. The molecule has 0 bridgehead atoms. The van der Waals surface area contributed by atoms with Crippen LogP contribution >= 0.6 is 0 Å². The van der Waals surface area contributed by atoms with Crippen LogP contribution in [-0.4, -0.2) is 45.0 Å². The highest BCUT2D eigenvalue weighted by molar-refractivity contribution is 6.09. The SMILES string of the molecule is COc1ccc(C=CC(=O)c2cc(-c3ccccc3)ccc2OCCN(C)C)c(F)c1. The van der Waals surface area contributed by atoms with Crippen molar-refractivity contribution in [2.24, 2.45) is 0 Å². The summed E-state index contributed by atoms with van der Waals surface area (Å²) in [5, 5.41) is 0. The third-order valence-corrected chi connectivity index (χ3v) is 4.77. The number of rotatable bonds is 9. The van der Waals surface area contributed by atoms with Crippen molar-refractivity contribution in [3.63, 3.8) is 0 Å². The van der Waals surface area contributed by atoms with E-state index in [-0.39, 0.29) is 5.78 Å². The molecule has 0 aliphatic carbocycles. The van der Waals surface area contributed by atoms with Gasteiger partial charge in [-0.25, -0.2) is 4.39 Å². The Labute approximate surface area is 182 Å². The molecule has 0 radical (unpaired) electrons. The molecule has 5 heteroatoms. The molecule has 0 N–H and O–H groups in total. The Morgan fingerprint density at radius 3 is 2.45 bits per heavy atom. The zero-order valence-corrected chi connectivity index (χ0v) is 18.0. The van der Waals surface area contributed by atoms with Gasteiger partial charge in [0, 0.05) is 18.2 Å². The van der Waals surface area contributed by atoms with Gasteiger partial charge in [-0.3, -0.25) is 4.79 Å². The fraction of sp³-hybridized carbons (Fsp3) is 0.192. The topological polar surface area (TPSA) is 38.8 Å². The summed E-state index contributed by atoms with van der Waals surface area (Å²) >= 11 is 0. The number of hydrogen-bond acceptors (Lipinski definition) is 4. The summed E-state index contributed by atoms with van der Waals surface area (Å²) in [6.45, 7) is 1.18. The number of ether oxygens (including phenoxy) is 2. The van der Waals surface area contributed by atoms with Crippen molar-refractivity contribution in [3.05, 3.63) is 89.8 Å². The van der Waals surface area contributed by atoms with Crippen LogP contribution in [0.3, 0.4) is 0 Å². The van der Waals surface area contributed by atoms with Gasteiger partial charge in [-0.2, -0.15) is 0 Å². The highest BCUT2D eigenvalue weighted by Crippen LogP contribution is 2.28. The maximum absolute atomic E-state index is 14.2. The number of ketones is 1. The number of likely N-dealkylation sites (N-methyl/N-ethyl adjacent to an activating group) is 1. The monoisotopic (exact) mass is 419 g/mol. The second-order valence-electron chi connectivity index (χ2n) is 7.31. The van der Waals surface area contributed by atoms with Crippen LogP contribution in [-0.2, 0) is 0 Å². The van der Waals surface area contributed by atoms with E-state index in [1.807, 2.05) is 67.5 Å². The third-order valence-electron chi connectivity index (χ3n) is 4.77. The predicted molar refractivity (Wildman–Crippen MR) is 122 cm³/mol. The van der Waals surface area contributed by atoms with Crippen molar-refractivity contribution in [1.82, 2.24) is 4.90 Å². The van der Waals surface area contributed by atoms with Crippen molar-refractivity contribution in [2.45, 2.75) is 0 Å². The Bertz CT molecular complexity index is 1060. The number of nitrogens with zero attached hydrogens (tertiary/aromatic N) is 1. The summed E-state index contributed by atoms with van der Waals surface area (Å²) in [7, 11) is 5.39. The van der Waals surface area contributed by atoms with Gasteiger partial charge in [0.2, 0.25) is 0 Å². The van der Waals surface area contributed by atoms with Crippen molar-refractivity contribution in [3.8, 4) is 22.6 Å². The molecule has 0 aliphatic rings. The molecule has 4 nitrogen and oxygen atoms in total. The molecule has 0 unspecified atom stereocenters. The van der Waals surface area contributed by atoms with Gasteiger partial charge in [-0.05, 0) is 61.6 Å². The van der Waals surface area contributed by atoms with Gasteiger partial charge < -0.3 is 14.4 Å². The quantitative estimate of drug-likeness (QED) is 0.347. The van der Waals surface area contributed by atoms with Gasteiger partial charge in [0.1, 0.15) is 23.9 Å². The van der Waals surface area contributed by atoms with E-state index >= 15 is 0 Å². The van der Waals surface area contributed by atoms with E-state index in [4.69, 9.17) is 9.47 Å². The predicted octanol–water partition coefficient (Wildman–Crippen LogP) is 5.34. The zero-order chi connectivity index (χ0) is 22.2. The Kier molecular flexibility index (Phi) is 7.57. The second-order valence-corrected chi connectivity index (χ2v) is 7.31. The molecule has 0 aliphatic heterocycles. The summed E-state index contributed by atoms with van der Waals surface area (Å²) < 4.78 is 25.1. The summed E-state index contributed by atoms with van der Waals surface area (Å²) in [5.74, 6) is 0.219. The van der Waals surface area contributed by atoms with Gasteiger partial charge in [-0.15, -0.1) is 0 Å². The Hall–Kier alpha value is -3.44. The molecule has 3 aromatic carbocycles. The molecule has 0 amide bonds. The first-order valence-corrected chi connectivity index (χ1v) is 10.0. The van der Waals surface area contributed by atoms with E-state index in [1.54, 1.807) is 12.1 Å². The molecule has 3 aromatic rings. The van der Waals surface area contributed by atoms with E-state index in [0.717, 1.165) is 17.7 Å². The highest BCUT2D eigenvalue weighted by Gasteiger charge is 2.13. The number of carbonyl (C=O) groups excluding carboxylic acids is 1. The van der Waals surface area contributed by atoms with Crippen LogP contribution in [0.5, 0.6) is 11.5 Å². The van der Waals surface area contributed by atoms with Crippen molar-refractivity contribution >= 4 is 11.9 Å². The summed E-state index contributed by atoms with van der Waals surface area (Å²) in [5.41, 5.74) is 2.66. The van der Waals surface area contributed by atoms with E-state index < -0.39 is 5.82 Å². The number of allylic oxidation sites excluding steroid dienone is 1. The van der Waals surface area contributed by atoms with Crippen molar-refractivity contribution in [1.29, 1.82) is 0 Å². The van der Waals surface area contributed by atoms with Gasteiger partial charge in [0.25, 0.3) is 0 Å². The molecule has 0 saturated heterocycles. The molecule has 160 valence electrons. The molecule has 3 rings (SSSR count). The van der Waals surface area contributed by atoms with Gasteiger partial charge in [0.15, 0.2) is 5.78 Å². The third kappa shape index (κ3) is 6.03. The molecule has 0 aromatic heterocycles. The number of benzene rings is 3. The molecular formula is C26H26FNO3. The van der Waals surface area contributed by atoms with Crippen LogP contribution in [0.4, 0.5) is 4.39 Å². The van der Waals surface area contributed by atoms with Crippen LogP contribution < -0.4 is 9.47 Å². The maximum atomic E-state index is 14.2. The Balaban J connectivity index is 1.90. The van der Waals surface area contributed by atoms with Crippen LogP contribution in [0.1, 0.15) is 15.9 Å². The lowest BCUT2D eigenvalue weighted by molar-refractivity contribution is 0.104.